The summed E-state index contributed by atoms with van der Waals surface area (Å²) in [4.78, 5) is 37.2. The monoisotopic (exact) mass is 424 g/mol. The first kappa shape index (κ1) is 20.9. The maximum Gasteiger partial charge on any atom is 0.328 e. The van der Waals surface area contributed by atoms with E-state index < -0.39 is 11.2 Å². The topological polar surface area (TPSA) is 105 Å². The maximum absolute atomic E-state index is 12.1. The Labute approximate surface area is 153 Å². The summed E-state index contributed by atoms with van der Waals surface area (Å²) in [6, 6.07) is 0. The van der Waals surface area contributed by atoms with Crippen molar-refractivity contribution in [2.24, 2.45) is 5.41 Å². The number of carbonyl (C=O) groups is 1. The average molecular weight is 426 g/mol. The number of rotatable bonds is 6. The molecule has 10 heteroatoms. The van der Waals surface area contributed by atoms with Crippen LogP contribution in [0.4, 0.5) is 0 Å². The Balaban J connectivity index is 0.00000288. The predicted molar refractivity (Wildman–Crippen MR) is 95.7 cm³/mol. The van der Waals surface area contributed by atoms with Crippen LogP contribution in [0.15, 0.2) is 20.3 Å². The number of amides is 1. The second kappa shape index (κ2) is 9.36. The number of aromatic amines is 1. The minimum absolute atomic E-state index is 0. The lowest BCUT2D eigenvalue weighted by Gasteiger charge is -2.37. The molecule has 1 aromatic rings. The Morgan fingerprint density at radius 2 is 2.08 bits per heavy atom. The van der Waals surface area contributed by atoms with Crippen molar-refractivity contribution >= 4 is 34.2 Å². The molecule has 1 saturated heterocycles. The van der Waals surface area contributed by atoms with Crippen LogP contribution >= 0.6 is 28.3 Å². The molecule has 0 aromatic carbocycles. The molecule has 8 nitrogen and oxygen atoms in total. The van der Waals surface area contributed by atoms with E-state index in [1.165, 1.54) is 6.20 Å². The van der Waals surface area contributed by atoms with Crippen LogP contribution in [0.25, 0.3) is 0 Å². The summed E-state index contributed by atoms with van der Waals surface area (Å²) in [7, 11) is 1.66. The molecule has 2 heterocycles. The summed E-state index contributed by atoms with van der Waals surface area (Å²) in [6.07, 6.45) is 3.16. The third kappa shape index (κ3) is 5.44. The lowest BCUT2D eigenvalue weighted by Crippen LogP contribution is -2.48. The highest BCUT2D eigenvalue weighted by Gasteiger charge is 2.32. The van der Waals surface area contributed by atoms with Gasteiger partial charge < -0.3 is 15.4 Å². The van der Waals surface area contributed by atoms with Gasteiger partial charge in [0.2, 0.25) is 5.91 Å². The number of hydrogen-bond acceptors (Lipinski definition) is 5. The van der Waals surface area contributed by atoms with Crippen LogP contribution in [-0.2, 0) is 16.1 Å². The van der Waals surface area contributed by atoms with Crippen LogP contribution < -0.4 is 21.9 Å². The van der Waals surface area contributed by atoms with Crippen molar-refractivity contribution in [2.45, 2.75) is 19.4 Å². The van der Waals surface area contributed by atoms with Gasteiger partial charge in [0.05, 0.1) is 11.1 Å². The van der Waals surface area contributed by atoms with Crippen molar-refractivity contribution in [3.05, 3.63) is 31.5 Å². The molecule has 0 bridgehead atoms. The van der Waals surface area contributed by atoms with Crippen molar-refractivity contribution in [1.29, 1.82) is 0 Å². The highest BCUT2D eigenvalue weighted by Crippen LogP contribution is 2.28. The Kier molecular flexibility index (Phi) is 8.14. The number of halogens is 2. The van der Waals surface area contributed by atoms with E-state index >= 15 is 0 Å². The summed E-state index contributed by atoms with van der Waals surface area (Å²) < 4.78 is 6.67. The van der Waals surface area contributed by atoms with Gasteiger partial charge in [-0.15, -0.1) is 12.4 Å². The zero-order valence-electron chi connectivity index (χ0n) is 13.4. The molecule has 0 spiro atoms. The second-order valence-electron chi connectivity index (χ2n) is 5.82. The number of nitrogens with one attached hydrogen (secondary N) is 3. The molecule has 1 fully saturated rings. The fraction of sp³-hybridized carbons (Fsp3) is 0.643. The first-order valence-electron chi connectivity index (χ1n) is 7.41. The predicted octanol–water partition coefficient (Wildman–Crippen LogP) is -0.147. The van der Waals surface area contributed by atoms with Crippen molar-refractivity contribution in [2.75, 3.05) is 33.4 Å². The van der Waals surface area contributed by atoms with Gasteiger partial charge in [-0.1, -0.05) is 0 Å². The number of methoxy groups -OCH3 is 1. The van der Waals surface area contributed by atoms with Gasteiger partial charge in [-0.2, -0.15) is 0 Å². The van der Waals surface area contributed by atoms with Crippen LogP contribution in [0.1, 0.15) is 12.8 Å². The van der Waals surface area contributed by atoms with Crippen LogP contribution in [0.5, 0.6) is 0 Å². The van der Waals surface area contributed by atoms with Gasteiger partial charge in [-0.05, 0) is 41.9 Å². The number of ether oxygens (including phenoxy) is 1. The van der Waals surface area contributed by atoms with Crippen LogP contribution in [0.2, 0.25) is 0 Å². The van der Waals surface area contributed by atoms with Gasteiger partial charge in [0, 0.05) is 25.3 Å². The fourth-order valence-electron chi connectivity index (χ4n) is 2.73. The smallest absolute Gasteiger partial charge is 0.328 e. The Morgan fingerprint density at radius 3 is 2.71 bits per heavy atom. The minimum atomic E-state index is -0.609. The molecule has 136 valence electrons. The Hall–Kier alpha value is -1.16. The van der Waals surface area contributed by atoms with E-state index in [4.69, 9.17) is 4.74 Å². The molecular formula is C14H22BrClN4O4. The molecule has 24 heavy (non-hydrogen) atoms. The van der Waals surface area contributed by atoms with Crippen LogP contribution in [0, 0.1) is 5.41 Å². The Morgan fingerprint density at radius 1 is 1.42 bits per heavy atom. The fourth-order valence-corrected chi connectivity index (χ4v) is 3.08. The second-order valence-corrected chi connectivity index (χ2v) is 6.68. The van der Waals surface area contributed by atoms with Crippen molar-refractivity contribution in [3.8, 4) is 0 Å². The highest BCUT2D eigenvalue weighted by molar-refractivity contribution is 9.10. The van der Waals surface area contributed by atoms with Gasteiger partial charge in [-0.25, -0.2) is 4.79 Å². The van der Waals surface area contributed by atoms with E-state index in [2.05, 4.69) is 31.5 Å². The van der Waals surface area contributed by atoms with Gasteiger partial charge in [0.15, 0.2) is 0 Å². The molecular weight excluding hydrogens is 404 g/mol. The van der Waals surface area contributed by atoms with E-state index in [-0.39, 0.29) is 34.7 Å². The van der Waals surface area contributed by atoms with Gasteiger partial charge in [0.25, 0.3) is 5.56 Å². The van der Waals surface area contributed by atoms with E-state index in [1.54, 1.807) is 7.11 Å². The van der Waals surface area contributed by atoms with Crippen molar-refractivity contribution in [3.63, 3.8) is 0 Å². The summed E-state index contributed by atoms with van der Waals surface area (Å²) in [5.74, 6) is -0.278. The molecule has 1 aliphatic heterocycles. The third-order valence-corrected chi connectivity index (χ3v) is 4.62. The molecule has 1 aromatic heterocycles. The largest absolute Gasteiger partial charge is 0.384 e. The maximum atomic E-state index is 12.1. The first-order valence-corrected chi connectivity index (χ1v) is 8.21. The molecule has 0 saturated carbocycles. The minimum Gasteiger partial charge on any atom is -0.384 e. The zero-order valence-corrected chi connectivity index (χ0v) is 15.8. The van der Waals surface area contributed by atoms with Crippen molar-refractivity contribution < 1.29 is 9.53 Å². The average Bonchev–Trinajstić information content (AvgIpc) is 2.52. The van der Waals surface area contributed by atoms with E-state index in [0.717, 1.165) is 30.5 Å². The zero-order chi connectivity index (χ0) is 16.9. The number of hydrogen-bond donors (Lipinski definition) is 3. The van der Waals surface area contributed by atoms with Crippen LogP contribution in [0.3, 0.4) is 0 Å². The summed E-state index contributed by atoms with van der Waals surface area (Å²) in [5.41, 5.74) is -1.20. The summed E-state index contributed by atoms with van der Waals surface area (Å²) in [5, 5.41) is 6.17. The molecule has 1 amide bonds. The number of nitrogens with zero attached hydrogens (tertiary/aromatic N) is 1. The number of piperidine rings is 1. The summed E-state index contributed by atoms with van der Waals surface area (Å²) >= 11 is 3.04. The number of carbonyl (C=O) groups excluding carboxylic acids is 1. The van der Waals surface area contributed by atoms with Crippen LogP contribution in [-0.4, -0.2) is 48.8 Å². The number of H-pyrrole nitrogens is 1. The lowest BCUT2D eigenvalue weighted by molar-refractivity contribution is -0.122. The van der Waals surface area contributed by atoms with Gasteiger partial charge in [-0.3, -0.25) is 19.1 Å². The number of aromatic nitrogens is 2. The van der Waals surface area contributed by atoms with Gasteiger partial charge >= 0.3 is 5.69 Å². The first-order chi connectivity index (χ1) is 11.0. The SMILES string of the molecule is COCC1(CNC(=O)Cn2cc(Br)c(=O)[nH]c2=O)CCNCC1.Cl. The Bertz CT molecular complexity index is 664. The molecule has 0 atom stereocenters. The molecule has 1 aliphatic rings. The third-order valence-electron chi connectivity index (χ3n) is 4.06. The van der Waals surface area contributed by atoms with E-state index in [1.807, 2.05) is 0 Å². The van der Waals surface area contributed by atoms with Gasteiger partial charge in [0.1, 0.15) is 6.54 Å². The summed E-state index contributed by atoms with van der Waals surface area (Å²) in [6.45, 7) is 2.73. The highest BCUT2D eigenvalue weighted by atomic mass is 79.9. The van der Waals surface area contributed by atoms with E-state index in [9.17, 15) is 14.4 Å². The molecule has 2 rings (SSSR count). The molecule has 0 unspecified atom stereocenters. The quantitative estimate of drug-likeness (QED) is 0.588. The van der Waals surface area contributed by atoms with Crippen molar-refractivity contribution in [1.82, 2.24) is 20.2 Å². The molecule has 0 radical (unpaired) electrons. The lowest BCUT2D eigenvalue weighted by atomic mass is 9.79. The molecule has 0 aliphatic carbocycles. The van der Waals surface area contributed by atoms with E-state index in [0.29, 0.717) is 13.2 Å². The standard InChI is InChI=1S/C14H21BrN4O4.ClH/c1-23-9-14(2-4-16-5-3-14)8-17-11(20)7-19-6-10(15)12(21)18-13(19)22;/h6,16H,2-5,7-9H2,1H3,(H,17,20)(H,18,21,22);1H. The molecule has 3 N–H and O–H groups in total. The normalized spacial score (nSPS) is 16.2.